The number of benzene rings is 1. The van der Waals surface area contributed by atoms with Crippen molar-refractivity contribution in [2.75, 3.05) is 6.61 Å². The van der Waals surface area contributed by atoms with E-state index in [-0.39, 0.29) is 0 Å². The zero-order chi connectivity index (χ0) is 18.2. The Bertz CT molecular complexity index is 683. The fourth-order valence-electron chi connectivity index (χ4n) is 3.48. The molecule has 0 unspecified atom stereocenters. The number of rotatable bonds is 8. The monoisotopic (exact) mass is 417 g/mol. The van der Waals surface area contributed by atoms with Gasteiger partial charge in [-0.1, -0.05) is 25.5 Å². The highest BCUT2D eigenvalue weighted by molar-refractivity contribution is 9.10. The lowest BCUT2D eigenvalue weighted by molar-refractivity contribution is 0.0115. The van der Waals surface area contributed by atoms with Gasteiger partial charge in [0.1, 0.15) is 5.75 Å². The third-order valence-corrected chi connectivity index (χ3v) is 5.78. The molecule has 0 saturated heterocycles. The van der Waals surface area contributed by atoms with Crippen LogP contribution in [0.25, 0.3) is 0 Å². The second-order valence-corrected chi connectivity index (χ2v) is 7.85. The molecular formula is C22H28BrNO2. The fraction of sp³-hybridized carbons (Fsp3) is 0.500. The summed E-state index contributed by atoms with van der Waals surface area (Å²) in [5.41, 5.74) is 2.39. The molecule has 1 aromatic heterocycles. The third kappa shape index (κ3) is 5.55. The molecule has 0 atom stereocenters. The fourth-order valence-corrected chi connectivity index (χ4v) is 3.85. The van der Waals surface area contributed by atoms with Crippen molar-refractivity contribution >= 4 is 15.9 Å². The largest absolute Gasteiger partial charge is 0.494 e. The standard InChI is InChI=1S/C22H28BrNO2/c1-2-3-14-25-20-7-4-6-18(15-20)17-9-11-19(12-10-17)26-16-22-21(23)8-5-13-24-22/h4-8,13,15,17,19H,2-3,9-12,14,16H2,1H3. The van der Waals surface area contributed by atoms with E-state index in [4.69, 9.17) is 9.47 Å². The van der Waals surface area contributed by atoms with E-state index in [1.165, 1.54) is 24.8 Å². The summed E-state index contributed by atoms with van der Waals surface area (Å²) in [6, 6.07) is 12.6. The van der Waals surface area contributed by atoms with Crippen LogP contribution in [0.3, 0.4) is 0 Å². The average molecular weight is 418 g/mol. The Hall–Kier alpha value is -1.39. The highest BCUT2D eigenvalue weighted by atomic mass is 79.9. The lowest BCUT2D eigenvalue weighted by Crippen LogP contribution is -2.21. The third-order valence-electron chi connectivity index (χ3n) is 5.06. The molecule has 2 aromatic rings. The number of halogens is 1. The summed E-state index contributed by atoms with van der Waals surface area (Å²) in [6.45, 7) is 3.58. The van der Waals surface area contributed by atoms with Crippen molar-refractivity contribution in [3.63, 3.8) is 0 Å². The van der Waals surface area contributed by atoms with Crippen LogP contribution in [-0.4, -0.2) is 17.7 Å². The Morgan fingerprint density at radius 1 is 1.12 bits per heavy atom. The van der Waals surface area contributed by atoms with Crippen molar-refractivity contribution in [2.24, 2.45) is 0 Å². The first kappa shape index (κ1) is 19.4. The Morgan fingerprint density at radius 2 is 1.96 bits per heavy atom. The van der Waals surface area contributed by atoms with Gasteiger partial charge in [-0.25, -0.2) is 0 Å². The molecule has 1 aromatic carbocycles. The quantitative estimate of drug-likeness (QED) is 0.474. The van der Waals surface area contributed by atoms with Crippen LogP contribution in [0.15, 0.2) is 47.1 Å². The lowest BCUT2D eigenvalue weighted by Gasteiger charge is -2.29. The predicted molar refractivity (Wildman–Crippen MR) is 109 cm³/mol. The number of hydrogen-bond acceptors (Lipinski definition) is 3. The molecule has 0 radical (unpaired) electrons. The molecule has 3 nitrogen and oxygen atoms in total. The molecule has 0 spiro atoms. The van der Waals surface area contributed by atoms with Crippen LogP contribution >= 0.6 is 15.9 Å². The molecule has 1 heterocycles. The Labute approximate surface area is 165 Å². The number of nitrogens with zero attached hydrogens (tertiary/aromatic N) is 1. The van der Waals surface area contributed by atoms with Crippen LogP contribution in [0.2, 0.25) is 0 Å². The first-order valence-corrected chi connectivity index (χ1v) is 10.5. The van der Waals surface area contributed by atoms with Gasteiger partial charge in [-0.05, 0) is 83.8 Å². The van der Waals surface area contributed by atoms with Crippen LogP contribution in [-0.2, 0) is 11.3 Å². The van der Waals surface area contributed by atoms with E-state index in [9.17, 15) is 0 Å². The van der Waals surface area contributed by atoms with E-state index in [1.807, 2.05) is 18.3 Å². The van der Waals surface area contributed by atoms with Gasteiger partial charge in [0.15, 0.2) is 0 Å². The molecule has 140 valence electrons. The molecule has 1 aliphatic rings. The van der Waals surface area contributed by atoms with Crippen molar-refractivity contribution in [3.8, 4) is 5.75 Å². The van der Waals surface area contributed by atoms with E-state index >= 15 is 0 Å². The summed E-state index contributed by atoms with van der Waals surface area (Å²) in [4.78, 5) is 4.38. The second-order valence-electron chi connectivity index (χ2n) is 6.99. The minimum atomic E-state index is 0.337. The molecule has 0 aliphatic heterocycles. The number of pyridine rings is 1. The van der Waals surface area contributed by atoms with Gasteiger partial charge in [-0.2, -0.15) is 0 Å². The van der Waals surface area contributed by atoms with Gasteiger partial charge in [0.05, 0.1) is 25.0 Å². The predicted octanol–water partition coefficient (Wildman–Crippen LogP) is 6.27. The SMILES string of the molecule is CCCCOc1cccc(C2CCC(OCc3ncccc3Br)CC2)c1. The van der Waals surface area contributed by atoms with Crippen LogP contribution in [0.1, 0.15) is 62.6 Å². The summed E-state index contributed by atoms with van der Waals surface area (Å²) in [6.07, 6.45) is 8.99. The molecule has 0 bridgehead atoms. The molecular weight excluding hydrogens is 390 g/mol. The van der Waals surface area contributed by atoms with Crippen molar-refractivity contribution in [1.29, 1.82) is 0 Å². The van der Waals surface area contributed by atoms with Crippen molar-refractivity contribution in [1.82, 2.24) is 4.98 Å². The summed E-state index contributed by atoms with van der Waals surface area (Å²) < 4.78 is 13.0. The lowest BCUT2D eigenvalue weighted by atomic mass is 9.82. The molecule has 26 heavy (non-hydrogen) atoms. The van der Waals surface area contributed by atoms with Crippen molar-refractivity contribution in [3.05, 3.63) is 58.3 Å². The summed E-state index contributed by atoms with van der Waals surface area (Å²) in [7, 11) is 0. The maximum atomic E-state index is 6.11. The van der Waals surface area contributed by atoms with Crippen LogP contribution < -0.4 is 4.74 Å². The molecule has 0 amide bonds. The van der Waals surface area contributed by atoms with Crippen LogP contribution in [0.4, 0.5) is 0 Å². The van der Waals surface area contributed by atoms with Crippen LogP contribution in [0, 0.1) is 0 Å². The normalized spacial score (nSPS) is 20.1. The van der Waals surface area contributed by atoms with Gasteiger partial charge < -0.3 is 9.47 Å². The van der Waals surface area contributed by atoms with E-state index in [0.29, 0.717) is 18.6 Å². The highest BCUT2D eigenvalue weighted by Crippen LogP contribution is 2.35. The molecule has 3 rings (SSSR count). The molecule has 1 saturated carbocycles. The van der Waals surface area contributed by atoms with Gasteiger partial charge in [0, 0.05) is 10.7 Å². The Kier molecular flexibility index (Phi) is 7.51. The maximum absolute atomic E-state index is 6.11. The number of hydrogen-bond donors (Lipinski definition) is 0. The number of aromatic nitrogens is 1. The first-order valence-electron chi connectivity index (χ1n) is 9.70. The molecule has 4 heteroatoms. The van der Waals surface area contributed by atoms with E-state index < -0.39 is 0 Å². The Balaban J connectivity index is 1.47. The minimum Gasteiger partial charge on any atom is -0.494 e. The summed E-state index contributed by atoms with van der Waals surface area (Å²) in [5.74, 6) is 1.63. The zero-order valence-corrected chi connectivity index (χ0v) is 17.1. The number of unbranched alkanes of at least 4 members (excludes halogenated alkanes) is 1. The van der Waals surface area contributed by atoms with Gasteiger partial charge in [-0.3, -0.25) is 4.98 Å². The van der Waals surface area contributed by atoms with Gasteiger partial charge in [0.25, 0.3) is 0 Å². The van der Waals surface area contributed by atoms with Gasteiger partial charge in [-0.15, -0.1) is 0 Å². The molecule has 1 fully saturated rings. The molecule has 0 N–H and O–H groups in total. The van der Waals surface area contributed by atoms with Gasteiger partial charge >= 0.3 is 0 Å². The van der Waals surface area contributed by atoms with Crippen molar-refractivity contribution in [2.45, 2.75) is 64.1 Å². The summed E-state index contributed by atoms with van der Waals surface area (Å²) >= 11 is 3.54. The van der Waals surface area contributed by atoms with Gasteiger partial charge in [0.2, 0.25) is 0 Å². The zero-order valence-electron chi connectivity index (χ0n) is 15.5. The number of ether oxygens (including phenoxy) is 2. The highest BCUT2D eigenvalue weighted by Gasteiger charge is 2.23. The second kappa shape index (κ2) is 10.1. The maximum Gasteiger partial charge on any atom is 0.119 e. The Morgan fingerprint density at radius 3 is 2.73 bits per heavy atom. The van der Waals surface area contributed by atoms with E-state index in [2.05, 4.69) is 52.1 Å². The van der Waals surface area contributed by atoms with Crippen LogP contribution in [0.5, 0.6) is 5.75 Å². The molecule has 1 aliphatic carbocycles. The van der Waals surface area contributed by atoms with E-state index in [1.54, 1.807) is 0 Å². The first-order chi connectivity index (χ1) is 12.8. The van der Waals surface area contributed by atoms with Crippen molar-refractivity contribution < 1.29 is 9.47 Å². The summed E-state index contributed by atoms with van der Waals surface area (Å²) in [5, 5.41) is 0. The smallest absolute Gasteiger partial charge is 0.119 e. The van der Waals surface area contributed by atoms with E-state index in [0.717, 1.165) is 41.8 Å². The average Bonchev–Trinajstić information content (AvgIpc) is 2.68. The minimum absolute atomic E-state index is 0.337. The topological polar surface area (TPSA) is 31.4 Å².